The number of amides is 3. The number of rotatable bonds is 9. The maximum atomic E-state index is 11.7. The third-order valence-electron chi connectivity index (χ3n) is 3.91. The van der Waals surface area contributed by atoms with E-state index >= 15 is 0 Å². The van der Waals surface area contributed by atoms with Crippen molar-refractivity contribution in [3.8, 4) is 0 Å². The Morgan fingerprint density at radius 1 is 1.00 bits per heavy atom. The molecule has 0 unspecified atom stereocenters. The van der Waals surface area contributed by atoms with Gasteiger partial charge < -0.3 is 20.9 Å². The predicted molar refractivity (Wildman–Crippen MR) is 88.8 cm³/mol. The molecule has 22 heavy (non-hydrogen) atoms. The van der Waals surface area contributed by atoms with Crippen LogP contribution in [-0.4, -0.2) is 56.6 Å². The molecule has 0 bridgehead atoms. The number of nitrogens with one attached hydrogen (secondary N) is 3. The molecular formula is C16H32N4O2. The number of urea groups is 1. The maximum absolute atomic E-state index is 11.7. The van der Waals surface area contributed by atoms with Crippen molar-refractivity contribution in [2.75, 3.05) is 33.7 Å². The average Bonchev–Trinajstić information content (AvgIpc) is 2.49. The van der Waals surface area contributed by atoms with E-state index in [1.54, 1.807) is 0 Å². The van der Waals surface area contributed by atoms with Crippen LogP contribution in [0.15, 0.2) is 0 Å². The zero-order valence-electron chi connectivity index (χ0n) is 14.1. The summed E-state index contributed by atoms with van der Waals surface area (Å²) in [5.41, 5.74) is 0. The molecule has 3 amide bonds. The van der Waals surface area contributed by atoms with Gasteiger partial charge in [-0.3, -0.25) is 4.79 Å². The van der Waals surface area contributed by atoms with Crippen molar-refractivity contribution in [3.63, 3.8) is 0 Å². The van der Waals surface area contributed by atoms with Crippen molar-refractivity contribution in [2.24, 2.45) is 0 Å². The van der Waals surface area contributed by atoms with Gasteiger partial charge in [-0.15, -0.1) is 0 Å². The molecule has 0 spiro atoms. The summed E-state index contributed by atoms with van der Waals surface area (Å²) in [6.45, 7) is 2.24. The third-order valence-corrected chi connectivity index (χ3v) is 3.91. The van der Waals surface area contributed by atoms with Crippen molar-refractivity contribution in [1.29, 1.82) is 0 Å². The number of hydrogen-bond acceptors (Lipinski definition) is 3. The second kappa shape index (κ2) is 11.3. The fraction of sp³-hybridized carbons (Fsp3) is 0.875. The van der Waals surface area contributed by atoms with Crippen LogP contribution in [0.4, 0.5) is 4.79 Å². The first kappa shape index (κ1) is 18.7. The van der Waals surface area contributed by atoms with E-state index < -0.39 is 0 Å². The zero-order valence-corrected chi connectivity index (χ0v) is 14.1. The van der Waals surface area contributed by atoms with Gasteiger partial charge in [0.25, 0.3) is 0 Å². The molecule has 1 rings (SSSR count). The summed E-state index contributed by atoms with van der Waals surface area (Å²) in [6, 6.07) is 0.229. The molecule has 128 valence electrons. The normalized spacial score (nSPS) is 15.6. The van der Waals surface area contributed by atoms with Gasteiger partial charge in [0.1, 0.15) is 0 Å². The van der Waals surface area contributed by atoms with Crippen LogP contribution in [0.3, 0.4) is 0 Å². The summed E-state index contributed by atoms with van der Waals surface area (Å²) in [7, 11) is 4.04. The second-order valence-corrected chi connectivity index (χ2v) is 6.35. The Bertz CT molecular complexity index is 328. The SMILES string of the molecule is CN(C)CCCNC(=O)CCCNC(=O)NC1CCCCC1. The number of carbonyl (C=O) groups is 2. The molecule has 0 heterocycles. The van der Waals surface area contributed by atoms with Crippen LogP contribution in [0.2, 0.25) is 0 Å². The molecule has 3 N–H and O–H groups in total. The molecule has 1 aliphatic carbocycles. The first-order valence-corrected chi connectivity index (χ1v) is 8.53. The molecule has 0 aromatic rings. The minimum atomic E-state index is -0.0988. The van der Waals surface area contributed by atoms with E-state index in [0.29, 0.717) is 32.0 Å². The topological polar surface area (TPSA) is 73.5 Å². The smallest absolute Gasteiger partial charge is 0.315 e. The summed E-state index contributed by atoms with van der Waals surface area (Å²) in [4.78, 5) is 25.4. The van der Waals surface area contributed by atoms with Gasteiger partial charge in [0.05, 0.1) is 0 Å². The Morgan fingerprint density at radius 3 is 2.36 bits per heavy atom. The van der Waals surface area contributed by atoms with Gasteiger partial charge in [-0.05, 0) is 46.3 Å². The Labute approximate surface area is 134 Å². The van der Waals surface area contributed by atoms with Crippen molar-refractivity contribution < 1.29 is 9.59 Å². The fourth-order valence-electron chi connectivity index (χ4n) is 2.65. The number of nitrogens with zero attached hydrogens (tertiary/aromatic N) is 1. The highest BCUT2D eigenvalue weighted by molar-refractivity contribution is 5.76. The Balaban J connectivity index is 1.95. The van der Waals surface area contributed by atoms with Gasteiger partial charge in [0.2, 0.25) is 5.91 Å². The summed E-state index contributed by atoms with van der Waals surface area (Å²) in [5, 5.41) is 8.73. The predicted octanol–water partition coefficient (Wildman–Crippen LogP) is 1.47. The van der Waals surface area contributed by atoms with E-state index in [4.69, 9.17) is 0 Å². The zero-order chi connectivity index (χ0) is 16.2. The molecule has 1 fully saturated rings. The van der Waals surface area contributed by atoms with Gasteiger partial charge in [-0.2, -0.15) is 0 Å². The largest absolute Gasteiger partial charge is 0.356 e. The van der Waals surface area contributed by atoms with E-state index in [0.717, 1.165) is 25.8 Å². The molecule has 6 nitrogen and oxygen atoms in total. The lowest BCUT2D eigenvalue weighted by Gasteiger charge is -2.22. The lowest BCUT2D eigenvalue weighted by Crippen LogP contribution is -2.43. The van der Waals surface area contributed by atoms with Crippen molar-refractivity contribution in [2.45, 2.75) is 57.4 Å². The van der Waals surface area contributed by atoms with E-state index in [2.05, 4.69) is 20.9 Å². The first-order valence-electron chi connectivity index (χ1n) is 8.53. The van der Waals surface area contributed by atoms with Gasteiger partial charge in [-0.25, -0.2) is 4.79 Å². The van der Waals surface area contributed by atoms with Crippen LogP contribution in [0.25, 0.3) is 0 Å². The van der Waals surface area contributed by atoms with Crippen LogP contribution in [0, 0.1) is 0 Å². The van der Waals surface area contributed by atoms with Gasteiger partial charge in [0.15, 0.2) is 0 Å². The summed E-state index contributed by atoms with van der Waals surface area (Å²) in [5.74, 6) is 0.0632. The lowest BCUT2D eigenvalue weighted by atomic mass is 9.96. The molecule has 0 aromatic heterocycles. The molecule has 1 aliphatic rings. The molecular weight excluding hydrogens is 280 g/mol. The molecule has 0 radical (unpaired) electrons. The van der Waals surface area contributed by atoms with Crippen molar-refractivity contribution in [1.82, 2.24) is 20.9 Å². The average molecular weight is 312 g/mol. The Kier molecular flexibility index (Phi) is 9.62. The second-order valence-electron chi connectivity index (χ2n) is 6.35. The lowest BCUT2D eigenvalue weighted by molar-refractivity contribution is -0.121. The standard InChI is InChI=1S/C16H32N4O2/c1-20(2)13-7-12-17-15(21)10-6-11-18-16(22)19-14-8-4-3-5-9-14/h14H,3-13H2,1-2H3,(H,17,21)(H2,18,19,22). The van der Waals surface area contributed by atoms with E-state index in [-0.39, 0.29) is 11.9 Å². The quantitative estimate of drug-likeness (QED) is 0.564. The highest BCUT2D eigenvalue weighted by Crippen LogP contribution is 2.17. The monoisotopic (exact) mass is 312 g/mol. The summed E-state index contributed by atoms with van der Waals surface area (Å²) >= 11 is 0. The van der Waals surface area contributed by atoms with Gasteiger partial charge >= 0.3 is 6.03 Å². The van der Waals surface area contributed by atoms with Gasteiger partial charge in [-0.1, -0.05) is 19.3 Å². The van der Waals surface area contributed by atoms with E-state index in [1.165, 1.54) is 19.3 Å². The molecule has 0 aromatic carbocycles. The van der Waals surface area contributed by atoms with Crippen molar-refractivity contribution in [3.05, 3.63) is 0 Å². The Morgan fingerprint density at radius 2 is 1.68 bits per heavy atom. The molecule has 6 heteroatoms. The molecule has 0 aliphatic heterocycles. The van der Waals surface area contributed by atoms with Crippen LogP contribution in [0.1, 0.15) is 51.4 Å². The fourth-order valence-corrected chi connectivity index (χ4v) is 2.65. The number of carbonyl (C=O) groups excluding carboxylic acids is 2. The van der Waals surface area contributed by atoms with Crippen LogP contribution >= 0.6 is 0 Å². The first-order chi connectivity index (χ1) is 10.6. The minimum absolute atomic E-state index is 0.0632. The van der Waals surface area contributed by atoms with Crippen molar-refractivity contribution >= 4 is 11.9 Å². The summed E-state index contributed by atoms with van der Waals surface area (Å²) in [6.07, 6.45) is 7.97. The summed E-state index contributed by atoms with van der Waals surface area (Å²) < 4.78 is 0. The van der Waals surface area contributed by atoms with Gasteiger partial charge in [0, 0.05) is 25.6 Å². The van der Waals surface area contributed by atoms with Crippen LogP contribution < -0.4 is 16.0 Å². The minimum Gasteiger partial charge on any atom is -0.356 e. The van der Waals surface area contributed by atoms with Crippen LogP contribution in [-0.2, 0) is 4.79 Å². The van der Waals surface area contributed by atoms with Crippen LogP contribution in [0.5, 0.6) is 0 Å². The highest BCUT2D eigenvalue weighted by atomic mass is 16.2. The molecule has 0 saturated heterocycles. The highest BCUT2D eigenvalue weighted by Gasteiger charge is 2.15. The number of hydrogen-bond donors (Lipinski definition) is 3. The third kappa shape index (κ3) is 9.60. The Hall–Kier alpha value is -1.30. The van der Waals surface area contributed by atoms with E-state index in [9.17, 15) is 9.59 Å². The molecule has 1 saturated carbocycles. The maximum Gasteiger partial charge on any atom is 0.315 e. The van der Waals surface area contributed by atoms with E-state index in [1.807, 2.05) is 14.1 Å². The molecule has 0 atom stereocenters.